The van der Waals surface area contributed by atoms with Crippen LogP contribution in [0.15, 0.2) is 66.7 Å². The molecule has 2 N–H and O–H groups in total. The molecule has 6 heteroatoms. The molecule has 2 saturated heterocycles. The molecule has 2 aliphatic heterocycles. The van der Waals surface area contributed by atoms with Crippen molar-refractivity contribution >= 4 is 17.4 Å². The van der Waals surface area contributed by atoms with Crippen molar-refractivity contribution in [3.63, 3.8) is 0 Å². The second-order valence-electron chi connectivity index (χ2n) is 12.0. The van der Waals surface area contributed by atoms with Gasteiger partial charge in [0.15, 0.2) is 0 Å². The molecule has 1 aliphatic carbocycles. The summed E-state index contributed by atoms with van der Waals surface area (Å²) in [6.45, 7) is 5.02. The Morgan fingerprint density at radius 2 is 1.52 bits per heavy atom. The van der Waals surface area contributed by atoms with Gasteiger partial charge < -0.3 is 15.3 Å². The number of unbranched alkanes of at least 4 members (excludes halogenated alkanes) is 1. The zero-order chi connectivity index (χ0) is 28.0. The quantitative estimate of drug-likeness (QED) is 0.458. The van der Waals surface area contributed by atoms with Crippen LogP contribution in [0.5, 0.6) is 0 Å². The molecule has 6 nitrogen and oxygen atoms in total. The number of rotatable bonds is 9. The number of likely N-dealkylation sites (tertiary alicyclic amines) is 1. The number of carbonyl (C=O) groups is 2. The molecule has 2 aromatic rings. The van der Waals surface area contributed by atoms with E-state index in [-0.39, 0.29) is 11.8 Å². The van der Waals surface area contributed by atoms with Gasteiger partial charge in [0.25, 0.3) is 0 Å². The summed E-state index contributed by atoms with van der Waals surface area (Å²) in [5.74, 6) is -0.0344. The van der Waals surface area contributed by atoms with Gasteiger partial charge in [-0.25, -0.2) is 0 Å². The second-order valence-corrected chi connectivity index (χ2v) is 12.0. The molecule has 1 saturated carbocycles. The lowest BCUT2D eigenvalue weighted by atomic mass is 9.77. The number of piperidine rings is 1. The first-order valence-corrected chi connectivity index (χ1v) is 15.3. The van der Waals surface area contributed by atoms with E-state index in [0.29, 0.717) is 38.6 Å². The third-order valence-electron chi connectivity index (χ3n) is 9.32. The number of nitrogens with one attached hydrogen (secondary N) is 1. The number of aliphatic hydroxyl groups is 1. The fraction of sp³-hybridized carbons (Fsp3) is 0.529. The van der Waals surface area contributed by atoms with Gasteiger partial charge in [0.2, 0.25) is 11.8 Å². The van der Waals surface area contributed by atoms with Gasteiger partial charge in [-0.15, -0.1) is 0 Å². The van der Waals surface area contributed by atoms with Crippen molar-refractivity contribution in [2.24, 2.45) is 0 Å². The van der Waals surface area contributed by atoms with Gasteiger partial charge in [-0.3, -0.25) is 14.5 Å². The fourth-order valence-corrected chi connectivity index (χ4v) is 6.91. The second kappa shape index (κ2) is 12.7. The number of hydrogen-bond acceptors (Lipinski definition) is 4. The summed E-state index contributed by atoms with van der Waals surface area (Å²) >= 11 is 0. The smallest absolute Gasteiger partial charge is 0.246 e. The van der Waals surface area contributed by atoms with Crippen molar-refractivity contribution in [3.05, 3.63) is 77.9 Å². The molecule has 0 aromatic heterocycles. The number of nitrogens with zero attached hydrogens (tertiary/aromatic N) is 2. The Labute approximate surface area is 239 Å². The topological polar surface area (TPSA) is 72.9 Å². The van der Waals surface area contributed by atoms with E-state index in [2.05, 4.69) is 71.7 Å². The van der Waals surface area contributed by atoms with Crippen LogP contribution in [0.4, 0.5) is 0 Å². The summed E-state index contributed by atoms with van der Waals surface area (Å²) in [7, 11) is 0. The van der Waals surface area contributed by atoms with Crippen molar-refractivity contribution in [1.29, 1.82) is 0 Å². The van der Waals surface area contributed by atoms with Gasteiger partial charge >= 0.3 is 0 Å². The Morgan fingerprint density at radius 1 is 0.925 bits per heavy atom. The third-order valence-corrected chi connectivity index (χ3v) is 9.32. The van der Waals surface area contributed by atoms with Crippen LogP contribution in [0, 0.1) is 0 Å². The standard InChI is InChI=1S/C34H45N3O3/c1-2-3-22-37-31(38)30(26-33(40)18-11-6-12-19-33)35-32(39)34(37)20-24-36(25-21-34)23-17-29(27-13-7-4-8-14-27)28-15-9-5-10-16-28/h4-5,7-10,13-17,30,40H,2-3,6,11-12,18-26H2,1H3,(H,35,39)/t30-/m1/s1. The minimum atomic E-state index is -0.850. The van der Waals surface area contributed by atoms with Crippen molar-refractivity contribution in [1.82, 2.24) is 15.1 Å². The van der Waals surface area contributed by atoms with E-state index in [4.69, 9.17) is 0 Å². The number of amides is 2. The van der Waals surface area contributed by atoms with E-state index in [1.807, 2.05) is 17.0 Å². The maximum Gasteiger partial charge on any atom is 0.246 e. The average Bonchev–Trinajstić information content (AvgIpc) is 2.98. The van der Waals surface area contributed by atoms with E-state index in [1.165, 1.54) is 16.7 Å². The zero-order valence-corrected chi connectivity index (χ0v) is 24.0. The molecule has 1 atom stereocenters. The lowest BCUT2D eigenvalue weighted by Gasteiger charge is -2.52. The average molecular weight is 544 g/mol. The number of benzene rings is 2. The van der Waals surface area contributed by atoms with Gasteiger partial charge in [-0.1, -0.05) is 99.3 Å². The first kappa shape index (κ1) is 28.6. The molecule has 40 heavy (non-hydrogen) atoms. The Hall–Kier alpha value is -2.96. The molecule has 0 unspecified atom stereocenters. The lowest BCUT2D eigenvalue weighted by Crippen LogP contribution is -2.73. The van der Waals surface area contributed by atoms with Crippen LogP contribution < -0.4 is 5.32 Å². The molecular weight excluding hydrogens is 498 g/mol. The number of piperazine rings is 1. The highest BCUT2D eigenvalue weighted by atomic mass is 16.3. The molecule has 214 valence electrons. The Balaban J connectivity index is 1.30. The highest BCUT2D eigenvalue weighted by Crippen LogP contribution is 2.37. The van der Waals surface area contributed by atoms with Gasteiger partial charge in [0.1, 0.15) is 11.6 Å². The zero-order valence-electron chi connectivity index (χ0n) is 24.0. The van der Waals surface area contributed by atoms with Crippen molar-refractivity contribution in [2.45, 2.75) is 88.3 Å². The number of carbonyl (C=O) groups excluding carboxylic acids is 2. The van der Waals surface area contributed by atoms with Gasteiger partial charge in [-0.2, -0.15) is 0 Å². The molecule has 3 fully saturated rings. The number of hydrogen-bond donors (Lipinski definition) is 2. The third kappa shape index (κ3) is 6.18. The molecule has 0 bridgehead atoms. The Kier molecular flexibility index (Phi) is 9.07. The molecule has 2 amide bonds. The van der Waals surface area contributed by atoms with E-state index in [1.54, 1.807) is 0 Å². The predicted molar refractivity (Wildman–Crippen MR) is 160 cm³/mol. The van der Waals surface area contributed by atoms with Crippen LogP contribution in [-0.4, -0.2) is 70.1 Å². The first-order chi connectivity index (χ1) is 19.4. The summed E-state index contributed by atoms with van der Waals surface area (Å²) < 4.78 is 0. The Bertz CT molecular complexity index is 1120. The van der Waals surface area contributed by atoms with Crippen LogP contribution in [0.3, 0.4) is 0 Å². The fourth-order valence-electron chi connectivity index (χ4n) is 6.91. The molecule has 0 radical (unpaired) electrons. The minimum Gasteiger partial charge on any atom is -0.390 e. The molecule has 2 heterocycles. The summed E-state index contributed by atoms with van der Waals surface area (Å²) in [5.41, 5.74) is 1.95. The van der Waals surface area contributed by atoms with Gasteiger partial charge in [0, 0.05) is 32.6 Å². The van der Waals surface area contributed by atoms with Crippen LogP contribution in [0.2, 0.25) is 0 Å². The molecule has 3 aliphatic rings. The lowest BCUT2D eigenvalue weighted by molar-refractivity contribution is -0.163. The van der Waals surface area contributed by atoms with E-state index >= 15 is 0 Å². The van der Waals surface area contributed by atoms with E-state index in [9.17, 15) is 14.7 Å². The monoisotopic (exact) mass is 543 g/mol. The van der Waals surface area contributed by atoms with Crippen molar-refractivity contribution in [3.8, 4) is 0 Å². The maximum atomic E-state index is 13.9. The largest absolute Gasteiger partial charge is 0.390 e. The predicted octanol–water partition coefficient (Wildman–Crippen LogP) is 5.17. The highest BCUT2D eigenvalue weighted by molar-refractivity contribution is 6.00. The maximum absolute atomic E-state index is 13.9. The molecule has 2 aromatic carbocycles. The molecular formula is C34H45N3O3. The summed E-state index contributed by atoms with van der Waals surface area (Å²) in [6, 6.07) is 20.3. The van der Waals surface area contributed by atoms with E-state index in [0.717, 1.165) is 51.7 Å². The van der Waals surface area contributed by atoms with Gasteiger partial charge in [-0.05, 0) is 48.8 Å². The van der Waals surface area contributed by atoms with Gasteiger partial charge in [0.05, 0.1) is 5.60 Å². The normalized spacial score (nSPS) is 22.6. The van der Waals surface area contributed by atoms with Crippen LogP contribution >= 0.6 is 0 Å². The molecule has 1 spiro atoms. The van der Waals surface area contributed by atoms with Crippen LogP contribution in [-0.2, 0) is 9.59 Å². The molecule has 5 rings (SSSR count). The van der Waals surface area contributed by atoms with Crippen molar-refractivity contribution < 1.29 is 14.7 Å². The Morgan fingerprint density at radius 3 is 2.10 bits per heavy atom. The summed E-state index contributed by atoms with van der Waals surface area (Å²) in [5, 5.41) is 14.3. The minimum absolute atomic E-state index is 0.00386. The summed E-state index contributed by atoms with van der Waals surface area (Å²) in [4.78, 5) is 31.9. The SMILES string of the molecule is CCCCN1C(=O)[C@@H](CC2(O)CCCCC2)NC(=O)C12CCN(CC=C(c1ccccc1)c1ccccc1)CC2. The highest BCUT2D eigenvalue weighted by Gasteiger charge is 2.54. The van der Waals surface area contributed by atoms with Crippen LogP contribution in [0.1, 0.15) is 82.3 Å². The first-order valence-electron chi connectivity index (χ1n) is 15.3. The van der Waals surface area contributed by atoms with Crippen LogP contribution in [0.25, 0.3) is 5.57 Å². The van der Waals surface area contributed by atoms with Crippen molar-refractivity contribution in [2.75, 3.05) is 26.2 Å². The van der Waals surface area contributed by atoms with E-state index < -0.39 is 17.2 Å². The summed E-state index contributed by atoms with van der Waals surface area (Å²) in [6.07, 6.45) is 10.2.